The summed E-state index contributed by atoms with van der Waals surface area (Å²) in [6.45, 7) is 9.86. The summed E-state index contributed by atoms with van der Waals surface area (Å²) in [5.74, 6) is -1.20. The molecule has 7 nitrogen and oxygen atoms in total. The Labute approximate surface area is 142 Å². The summed E-state index contributed by atoms with van der Waals surface area (Å²) in [7, 11) is -0.396. The van der Waals surface area contributed by atoms with Gasteiger partial charge in [-0.25, -0.2) is 9.59 Å². The molecule has 0 spiro atoms. The number of hydrogen-bond acceptors (Lipinski definition) is 5. The lowest BCUT2D eigenvalue weighted by molar-refractivity contribution is 0.0586. The number of hydrogen-bond donors (Lipinski definition) is 3. The van der Waals surface area contributed by atoms with Crippen LogP contribution in [0.3, 0.4) is 0 Å². The average Bonchev–Trinajstić information content (AvgIpc) is 2.34. The molecule has 8 heteroatoms. The van der Waals surface area contributed by atoms with Gasteiger partial charge in [0.15, 0.2) is 0 Å². The zero-order valence-electron chi connectivity index (χ0n) is 15.1. The number of anilines is 1. The second-order valence-corrected chi connectivity index (χ2v) is 6.73. The van der Waals surface area contributed by atoms with Gasteiger partial charge in [-0.3, -0.25) is 4.90 Å². The Hall–Kier alpha value is -2.06. The maximum Gasteiger partial charge on any atom is 0.489 e. The Morgan fingerprint density at radius 1 is 1.04 bits per heavy atom. The summed E-state index contributed by atoms with van der Waals surface area (Å²) in [6.07, 6.45) is -0.660. The van der Waals surface area contributed by atoms with Gasteiger partial charge in [-0.05, 0) is 63.7 Å². The zero-order valence-corrected chi connectivity index (χ0v) is 15.1. The molecular formula is C16H24BNO6. The highest BCUT2D eigenvalue weighted by Crippen LogP contribution is 2.29. The number of amides is 1. The van der Waals surface area contributed by atoms with E-state index in [0.717, 1.165) is 0 Å². The average molecular weight is 337 g/mol. The largest absolute Gasteiger partial charge is 0.489 e. The fourth-order valence-corrected chi connectivity index (χ4v) is 2.86. The molecule has 0 aliphatic heterocycles. The highest BCUT2D eigenvalue weighted by molar-refractivity contribution is 6.60. The SMILES string of the molecule is Cc1c(B(O)O)c(C)c(N(C)C(=O)OC(C)(C)C)c(C)c1C(=O)O. The van der Waals surface area contributed by atoms with Crippen molar-refractivity contribution in [3.05, 3.63) is 22.3 Å². The van der Waals surface area contributed by atoms with Crippen LogP contribution < -0.4 is 10.4 Å². The van der Waals surface area contributed by atoms with Crippen LogP contribution in [0.15, 0.2) is 0 Å². The highest BCUT2D eigenvalue weighted by atomic mass is 16.6. The van der Waals surface area contributed by atoms with Crippen LogP contribution in [0.4, 0.5) is 10.5 Å². The van der Waals surface area contributed by atoms with Gasteiger partial charge in [-0.2, -0.15) is 0 Å². The van der Waals surface area contributed by atoms with Crippen molar-refractivity contribution in [2.24, 2.45) is 0 Å². The van der Waals surface area contributed by atoms with E-state index in [0.29, 0.717) is 11.1 Å². The normalized spacial score (nSPS) is 11.2. The fraction of sp³-hybridized carbons (Fsp3) is 0.500. The molecule has 1 aromatic carbocycles. The minimum atomic E-state index is -1.85. The molecule has 1 aromatic rings. The van der Waals surface area contributed by atoms with Crippen LogP contribution in [0.25, 0.3) is 0 Å². The van der Waals surface area contributed by atoms with E-state index in [1.807, 2.05) is 0 Å². The standard InChI is InChI=1S/C16H24BNO6/c1-8-11(14(19)20)9(2)13(10(3)12(8)17(22)23)18(7)15(21)24-16(4,5)6/h22-23H,1-7H3,(H,19,20). The molecule has 0 atom stereocenters. The molecule has 1 rings (SSSR count). The van der Waals surface area contributed by atoms with Crippen molar-refractivity contribution in [3.63, 3.8) is 0 Å². The summed E-state index contributed by atoms with van der Waals surface area (Å²) < 4.78 is 5.31. The van der Waals surface area contributed by atoms with Gasteiger partial charge in [-0.15, -0.1) is 0 Å². The fourth-order valence-electron chi connectivity index (χ4n) is 2.86. The number of carboxylic acids is 1. The highest BCUT2D eigenvalue weighted by Gasteiger charge is 2.31. The second-order valence-electron chi connectivity index (χ2n) is 6.73. The quantitative estimate of drug-likeness (QED) is 0.719. The van der Waals surface area contributed by atoms with Gasteiger partial charge in [-0.1, -0.05) is 0 Å². The van der Waals surface area contributed by atoms with E-state index < -0.39 is 24.8 Å². The van der Waals surface area contributed by atoms with E-state index in [1.165, 1.54) is 18.9 Å². The van der Waals surface area contributed by atoms with Gasteiger partial charge < -0.3 is 19.9 Å². The smallest absolute Gasteiger partial charge is 0.478 e. The molecule has 0 radical (unpaired) electrons. The maximum absolute atomic E-state index is 12.3. The number of carbonyl (C=O) groups excluding carboxylic acids is 1. The first-order chi connectivity index (χ1) is 10.8. The Bertz CT molecular complexity index is 678. The molecule has 0 saturated carbocycles. The molecule has 0 heterocycles. The zero-order chi connectivity index (χ0) is 19.0. The Morgan fingerprint density at radius 2 is 1.54 bits per heavy atom. The molecule has 0 aromatic heterocycles. The number of carboxylic acid groups (broad SMARTS) is 1. The monoisotopic (exact) mass is 337 g/mol. The van der Waals surface area contributed by atoms with Crippen molar-refractivity contribution in [2.75, 3.05) is 11.9 Å². The molecule has 0 fully saturated rings. The van der Waals surface area contributed by atoms with Gasteiger partial charge >= 0.3 is 19.2 Å². The van der Waals surface area contributed by atoms with Gasteiger partial charge in [0.05, 0.1) is 11.3 Å². The lowest BCUT2D eigenvalue weighted by Crippen LogP contribution is -2.40. The van der Waals surface area contributed by atoms with Crippen LogP contribution in [-0.2, 0) is 4.74 Å². The Kier molecular flexibility index (Phi) is 5.68. The van der Waals surface area contributed by atoms with Crippen molar-refractivity contribution in [2.45, 2.75) is 47.1 Å². The van der Waals surface area contributed by atoms with Crippen LogP contribution in [-0.4, -0.2) is 47.0 Å². The third kappa shape index (κ3) is 3.88. The van der Waals surface area contributed by atoms with E-state index in [-0.39, 0.29) is 22.3 Å². The molecular weight excluding hydrogens is 313 g/mol. The van der Waals surface area contributed by atoms with Crippen molar-refractivity contribution < 1.29 is 29.5 Å². The third-order valence-electron chi connectivity index (χ3n) is 3.74. The first-order valence-corrected chi connectivity index (χ1v) is 7.49. The summed E-state index contributed by atoms with van der Waals surface area (Å²) >= 11 is 0. The summed E-state index contributed by atoms with van der Waals surface area (Å²) in [5.41, 5.74) is 0.614. The van der Waals surface area contributed by atoms with Crippen LogP contribution in [0, 0.1) is 20.8 Å². The van der Waals surface area contributed by atoms with Crippen LogP contribution in [0.1, 0.15) is 47.8 Å². The molecule has 0 saturated heterocycles. The number of nitrogens with zero attached hydrogens (tertiary/aromatic N) is 1. The first-order valence-electron chi connectivity index (χ1n) is 7.49. The van der Waals surface area contributed by atoms with Crippen molar-refractivity contribution in [1.29, 1.82) is 0 Å². The predicted molar refractivity (Wildman–Crippen MR) is 92.1 cm³/mol. The van der Waals surface area contributed by atoms with E-state index >= 15 is 0 Å². The van der Waals surface area contributed by atoms with Crippen LogP contribution in [0.2, 0.25) is 0 Å². The van der Waals surface area contributed by atoms with Crippen molar-refractivity contribution in [3.8, 4) is 0 Å². The number of ether oxygens (including phenoxy) is 1. The summed E-state index contributed by atoms with van der Waals surface area (Å²) in [5, 5.41) is 28.8. The lowest BCUT2D eigenvalue weighted by atomic mass is 9.71. The topological polar surface area (TPSA) is 107 Å². The maximum atomic E-state index is 12.3. The number of carbonyl (C=O) groups is 2. The molecule has 0 unspecified atom stereocenters. The van der Waals surface area contributed by atoms with E-state index in [4.69, 9.17) is 4.74 Å². The van der Waals surface area contributed by atoms with E-state index in [9.17, 15) is 24.7 Å². The van der Waals surface area contributed by atoms with E-state index in [2.05, 4.69) is 0 Å². The van der Waals surface area contributed by atoms with Gasteiger partial charge in [0.2, 0.25) is 0 Å². The van der Waals surface area contributed by atoms with E-state index in [1.54, 1.807) is 34.6 Å². The molecule has 0 bridgehead atoms. The Morgan fingerprint density at radius 3 is 1.92 bits per heavy atom. The number of aromatic carboxylic acids is 1. The van der Waals surface area contributed by atoms with Crippen molar-refractivity contribution >= 4 is 30.3 Å². The number of rotatable bonds is 3. The number of benzene rings is 1. The molecule has 0 aliphatic carbocycles. The second kappa shape index (κ2) is 6.82. The molecule has 24 heavy (non-hydrogen) atoms. The molecule has 0 aliphatic rings. The summed E-state index contributed by atoms with van der Waals surface area (Å²) in [6, 6.07) is 0. The predicted octanol–water partition coefficient (Wildman–Crippen LogP) is 1.36. The summed E-state index contributed by atoms with van der Waals surface area (Å²) in [4.78, 5) is 25.1. The lowest BCUT2D eigenvalue weighted by Gasteiger charge is -2.29. The Balaban J connectivity index is 3.64. The minimum absolute atomic E-state index is 0.0610. The minimum Gasteiger partial charge on any atom is -0.478 e. The molecule has 3 N–H and O–H groups in total. The van der Waals surface area contributed by atoms with Crippen molar-refractivity contribution in [1.82, 2.24) is 0 Å². The first kappa shape index (κ1) is 20.0. The van der Waals surface area contributed by atoms with Gasteiger partial charge in [0.1, 0.15) is 5.60 Å². The van der Waals surface area contributed by atoms with Crippen LogP contribution >= 0.6 is 0 Å². The molecule has 132 valence electrons. The molecule has 1 amide bonds. The van der Waals surface area contributed by atoms with Gasteiger partial charge in [0.25, 0.3) is 0 Å². The van der Waals surface area contributed by atoms with Crippen LogP contribution in [0.5, 0.6) is 0 Å². The third-order valence-corrected chi connectivity index (χ3v) is 3.74. The van der Waals surface area contributed by atoms with Gasteiger partial charge in [0, 0.05) is 7.05 Å².